The summed E-state index contributed by atoms with van der Waals surface area (Å²) in [5, 5.41) is 15.6. The molecule has 0 bridgehead atoms. The molecule has 1 aromatic carbocycles. The lowest BCUT2D eigenvalue weighted by Gasteiger charge is -2.13. The molecule has 1 heterocycles. The Hall–Kier alpha value is -2.45. The van der Waals surface area contributed by atoms with Crippen LogP contribution < -0.4 is 5.32 Å². The van der Waals surface area contributed by atoms with Gasteiger partial charge in [-0.25, -0.2) is 4.79 Å². The monoisotopic (exact) mass is 368 g/mol. The lowest BCUT2D eigenvalue weighted by molar-refractivity contribution is -0.385. The van der Waals surface area contributed by atoms with Gasteiger partial charge >= 0.3 is 5.97 Å². The SMILES string of the molecule is CC(OC(=O)c1ccc(Cl)cc1[N+](=O)[O-])C(=O)NCc1cccs1. The number of amides is 1. The highest BCUT2D eigenvalue weighted by Gasteiger charge is 2.25. The van der Waals surface area contributed by atoms with E-state index in [0.29, 0.717) is 6.54 Å². The molecule has 24 heavy (non-hydrogen) atoms. The molecule has 7 nitrogen and oxygen atoms in total. The van der Waals surface area contributed by atoms with Gasteiger partial charge in [-0.2, -0.15) is 0 Å². The summed E-state index contributed by atoms with van der Waals surface area (Å²) in [4.78, 5) is 35.2. The second-order valence-corrected chi connectivity index (χ2v) is 6.23. The molecule has 0 spiro atoms. The topological polar surface area (TPSA) is 98.5 Å². The Labute approximate surface area is 146 Å². The molecule has 0 fully saturated rings. The molecule has 1 atom stereocenters. The highest BCUT2D eigenvalue weighted by Crippen LogP contribution is 2.24. The van der Waals surface area contributed by atoms with Crippen LogP contribution in [0.4, 0.5) is 5.69 Å². The van der Waals surface area contributed by atoms with Crippen LogP contribution in [0.3, 0.4) is 0 Å². The molecular weight excluding hydrogens is 356 g/mol. The lowest BCUT2D eigenvalue weighted by Crippen LogP contribution is -2.35. The number of esters is 1. The highest BCUT2D eigenvalue weighted by molar-refractivity contribution is 7.09. The van der Waals surface area contributed by atoms with Crippen molar-refractivity contribution in [2.45, 2.75) is 19.6 Å². The smallest absolute Gasteiger partial charge is 0.345 e. The normalized spacial score (nSPS) is 11.6. The van der Waals surface area contributed by atoms with Crippen LogP contribution >= 0.6 is 22.9 Å². The molecule has 1 unspecified atom stereocenters. The number of ether oxygens (including phenoxy) is 1. The van der Waals surface area contributed by atoms with Crippen molar-refractivity contribution >= 4 is 40.5 Å². The van der Waals surface area contributed by atoms with E-state index in [2.05, 4.69) is 5.32 Å². The predicted octanol–water partition coefficient (Wildman–Crippen LogP) is 3.17. The third-order valence-electron chi connectivity index (χ3n) is 3.05. The van der Waals surface area contributed by atoms with Crippen molar-refractivity contribution in [3.63, 3.8) is 0 Å². The largest absolute Gasteiger partial charge is 0.449 e. The zero-order chi connectivity index (χ0) is 17.7. The van der Waals surface area contributed by atoms with E-state index >= 15 is 0 Å². The number of hydrogen-bond donors (Lipinski definition) is 1. The Bertz CT molecular complexity index is 763. The maximum absolute atomic E-state index is 12.1. The van der Waals surface area contributed by atoms with Gasteiger partial charge in [0.1, 0.15) is 5.56 Å². The van der Waals surface area contributed by atoms with Crippen LogP contribution in [-0.2, 0) is 16.1 Å². The van der Waals surface area contributed by atoms with Crippen molar-refractivity contribution in [1.29, 1.82) is 0 Å². The third kappa shape index (κ3) is 4.53. The van der Waals surface area contributed by atoms with Gasteiger partial charge in [-0.15, -0.1) is 11.3 Å². The number of nitro groups is 1. The zero-order valence-electron chi connectivity index (χ0n) is 12.5. The van der Waals surface area contributed by atoms with E-state index in [9.17, 15) is 19.7 Å². The summed E-state index contributed by atoms with van der Waals surface area (Å²) in [5.74, 6) is -1.45. The second kappa shape index (κ2) is 7.89. The Kier molecular flexibility index (Phi) is 5.88. The quantitative estimate of drug-likeness (QED) is 0.479. The van der Waals surface area contributed by atoms with E-state index in [-0.39, 0.29) is 10.6 Å². The van der Waals surface area contributed by atoms with Crippen molar-refractivity contribution in [2.24, 2.45) is 0 Å². The van der Waals surface area contributed by atoms with Gasteiger partial charge in [0.05, 0.1) is 11.5 Å². The summed E-state index contributed by atoms with van der Waals surface area (Å²) in [6.45, 7) is 1.71. The van der Waals surface area contributed by atoms with Gasteiger partial charge in [0, 0.05) is 16.0 Å². The molecule has 0 radical (unpaired) electrons. The predicted molar refractivity (Wildman–Crippen MR) is 89.1 cm³/mol. The fourth-order valence-electron chi connectivity index (χ4n) is 1.84. The molecule has 126 valence electrons. The fraction of sp³-hybridized carbons (Fsp3) is 0.200. The maximum atomic E-state index is 12.1. The number of hydrogen-bond acceptors (Lipinski definition) is 6. The van der Waals surface area contributed by atoms with E-state index in [1.54, 1.807) is 0 Å². The van der Waals surface area contributed by atoms with Crippen LogP contribution in [0.15, 0.2) is 35.7 Å². The van der Waals surface area contributed by atoms with Crippen molar-refractivity contribution in [3.05, 3.63) is 61.3 Å². The molecule has 1 N–H and O–H groups in total. The van der Waals surface area contributed by atoms with Gasteiger partial charge in [0.2, 0.25) is 0 Å². The minimum Gasteiger partial charge on any atom is -0.449 e. The maximum Gasteiger partial charge on any atom is 0.345 e. The summed E-state index contributed by atoms with van der Waals surface area (Å²) < 4.78 is 5.00. The summed E-state index contributed by atoms with van der Waals surface area (Å²) in [6.07, 6.45) is -1.09. The first-order valence-corrected chi connectivity index (χ1v) is 8.09. The van der Waals surface area contributed by atoms with Gasteiger partial charge in [-0.3, -0.25) is 14.9 Å². The first-order valence-electron chi connectivity index (χ1n) is 6.83. The second-order valence-electron chi connectivity index (χ2n) is 4.76. The molecular formula is C15H13ClN2O5S. The number of nitrogens with one attached hydrogen (secondary N) is 1. The van der Waals surface area contributed by atoms with E-state index in [0.717, 1.165) is 10.9 Å². The van der Waals surface area contributed by atoms with Crippen LogP contribution in [0.5, 0.6) is 0 Å². The summed E-state index contributed by atoms with van der Waals surface area (Å²) in [7, 11) is 0. The van der Waals surface area contributed by atoms with E-state index < -0.39 is 28.6 Å². The number of benzene rings is 1. The van der Waals surface area contributed by atoms with Crippen LogP contribution in [0, 0.1) is 10.1 Å². The van der Waals surface area contributed by atoms with Gasteiger partial charge in [-0.1, -0.05) is 17.7 Å². The van der Waals surface area contributed by atoms with Crippen LogP contribution in [0.1, 0.15) is 22.2 Å². The van der Waals surface area contributed by atoms with Crippen LogP contribution in [0.25, 0.3) is 0 Å². The fourth-order valence-corrected chi connectivity index (χ4v) is 2.65. The molecule has 1 amide bonds. The molecule has 0 saturated carbocycles. The summed E-state index contributed by atoms with van der Waals surface area (Å²) in [5.41, 5.74) is -0.735. The lowest BCUT2D eigenvalue weighted by atomic mass is 10.2. The third-order valence-corrected chi connectivity index (χ3v) is 4.16. The first kappa shape index (κ1) is 17.9. The molecule has 1 aromatic heterocycles. The molecule has 0 aliphatic heterocycles. The summed E-state index contributed by atoms with van der Waals surface area (Å²) >= 11 is 7.18. The molecule has 0 aliphatic carbocycles. The average molecular weight is 369 g/mol. The van der Waals surface area contributed by atoms with Gasteiger partial charge in [-0.05, 0) is 30.5 Å². The minimum absolute atomic E-state index is 0.125. The van der Waals surface area contributed by atoms with Crippen LogP contribution in [-0.4, -0.2) is 22.9 Å². The van der Waals surface area contributed by atoms with E-state index in [1.807, 2.05) is 17.5 Å². The van der Waals surface area contributed by atoms with Gasteiger partial charge in [0.25, 0.3) is 11.6 Å². The number of halogens is 1. The van der Waals surface area contributed by atoms with Crippen molar-refractivity contribution < 1.29 is 19.2 Å². The summed E-state index contributed by atoms with van der Waals surface area (Å²) in [6, 6.07) is 7.30. The van der Waals surface area contributed by atoms with E-state index in [4.69, 9.17) is 16.3 Å². The first-order chi connectivity index (χ1) is 11.4. The zero-order valence-corrected chi connectivity index (χ0v) is 14.1. The Morgan fingerprint density at radius 3 is 2.79 bits per heavy atom. The Morgan fingerprint density at radius 2 is 2.17 bits per heavy atom. The number of carbonyl (C=O) groups is 2. The van der Waals surface area contributed by atoms with Crippen molar-refractivity contribution in [3.8, 4) is 0 Å². The Morgan fingerprint density at radius 1 is 1.42 bits per heavy atom. The average Bonchev–Trinajstić information content (AvgIpc) is 3.05. The van der Waals surface area contributed by atoms with Crippen molar-refractivity contribution in [1.82, 2.24) is 5.32 Å². The minimum atomic E-state index is -1.09. The number of nitrogens with zero attached hydrogens (tertiary/aromatic N) is 1. The Balaban J connectivity index is 2.00. The highest BCUT2D eigenvalue weighted by atomic mass is 35.5. The molecule has 0 saturated heterocycles. The standard InChI is InChI=1S/C15H13ClN2O5S/c1-9(14(19)17-8-11-3-2-6-24-11)23-15(20)12-5-4-10(16)7-13(12)18(21)22/h2-7,9H,8H2,1H3,(H,17,19). The number of thiophene rings is 1. The number of nitro benzene ring substituents is 1. The van der Waals surface area contributed by atoms with Gasteiger partial charge in [0.15, 0.2) is 6.10 Å². The molecule has 2 aromatic rings. The molecule has 2 rings (SSSR count). The van der Waals surface area contributed by atoms with Crippen molar-refractivity contribution in [2.75, 3.05) is 0 Å². The number of carbonyl (C=O) groups excluding carboxylic acids is 2. The number of rotatable bonds is 6. The van der Waals surface area contributed by atoms with Crippen LogP contribution in [0.2, 0.25) is 5.02 Å². The van der Waals surface area contributed by atoms with E-state index in [1.165, 1.54) is 30.4 Å². The molecule has 0 aliphatic rings. The molecule has 9 heteroatoms. The van der Waals surface area contributed by atoms with Gasteiger partial charge < -0.3 is 10.1 Å².